The molecule has 5 nitrogen and oxygen atoms in total. The Kier molecular flexibility index (Phi) is 6.61. The van der Waals surface area contributed by atoms with Crippen molar-refractivity contribution in [1.82, 2.24) is 14.9 Å². The number of hydrogen-bond acceptors (Lipinski definition) is 5. The summed E-state index contributed by atoms with van der Waals surface area (Å²) >= 11 is 1.60. The lowest BCUT2D eigenvalue weighted by Crippen LogP contribution is -2.28. The summed E-state index contributed by atoms with van der Waals surface area (Å²) in [6.45, 7) is 4.43. The summed E-state index contributed by atoms with van der Waals surface area (Å²) in [5.74, 6) is 2.18. The van der Waals surface area contributed by atoms with Crippen molar-refractivity contribution in [2.24, 2.45) is 0 Å². The number of hydrogen-bond donors (Lipinski definition) is 0. The van der Waals surface area contributed by atoms with E-state index in [0.29, 0.717) is 12.3 Å². The van der Waals surface area contributed by atoms with E-state index in [0.717, 1.165) is 28.3 Å². The largest absolute Gasteiger partial charge is 0.496 e. The molecular formula is C18H23N3O2S. The van der Waals surface area contributed by atoms with Crippen molar-refractivity contribution in [2.75, 3.05) is 19.9 Å². The fourth-order valence-corrected chi connectivity index (χ4v) is 3.31. The second kappa shape index (κ2) is 8.68. The molecule has 2 aromatic rings. The quantitative estimate of drug-likeness (QED) is 0.772. The SMILES string of the molecule is COc1c(C)cnc(CN(C)C(=O)CSCc2ccncc2)c1C. The second-order valence-corrected chi connectivity index (χ2v) is 6.63. The number of carbonyl (C=O) groups is 1. The molecule has 0 saturated carbocycles. The van der Waals surface area contributed by atoms with Crippen LogP contribution in [-0.4, -0.2) is 40.7 Å². The molecule has 0 unspecified atom stereocenters. The first-order chi connectivity index (χ1) is 11.5. The van der Waals surface area contributed by atoms with Crippen LogP contribution in [0.3, 0.4) is 0 Å². The number of aryl methyl sites for hydroxylation is 1. The van der Waals surface area contributed by atoms with Crippen LogP contribution in [0.2, 0.25) is 0 Å². The smallest absolute Gasteiger partial charge is 0.232 e. The topological polar surface area (TPSA) is 55.3 Å². The van der Waals surface area contributed by atoms with Crippen LogP contribution in [-0.2, 0) is 17.1 Å². The lowest BCUT2D eigenvalue weighted by Gasteiger charge is -2.19. The molecule has 0 bridgehead atoms. The van der Waals surface area contributed by atoms with E-state index in [-0.39, 0.29) is 5.91 Å². The third-order valence-electron chi connectivity index (χ3n) is 3.81. The van der Waals surface area contributed by atoms with Crippen molar-refractivity contribution in [3.63, 3.8) is 0 Å². The minimum Gasteiger partial charge on any atom is -0.496 e. The molecule has 2 rings (SSSR count). The van der Waals surface area contributed by atoms with E-state index in [4.69, 9.17) is 4.74 Å². The summed E-state index contributed by atoms with van der Waals surface area (Å²) in [5, 5.41) is 0. The van der Waals surface area contributed by atoms with Crippen LogP contribution in [0.25, 0.3) is 0 Å². The van der Waals surface area contributed by atoms with Crippen molar-refractivity contribution in [1.29, 1.82) is 0 Å². The van der Waals surface area contributed by atoms with Gasteiger partial charge in [0.2, 0.25) is 5.91 Å². The van der Waals surface area contributed by atoms with Crippen LogP contribution in [0.5, 0.6) is 5.75 Å². The number of ether oxygens (including phenoxy) is 1. The molecule has 0 aromatic carbocycles. The molecule has 2 aromatic heterocycles. The van der Waals surface area contributed by atoms with Gasteiger partial charge in [0.15, 0.2) is 0 Å². The highest BCUT2D eigenvalue weighted by atomic mass is 32.2. The highest BCUT2D eigenvalue weighted by Crippen LogP contribution is 2.24. The molecule has 0 saturated heterocycles. The normalized spacial score (nSPS) is 10.5. The van der Waals surface area contributed by atoms with E-state index in [1.165, 1.54) is 5.56 Å². The van der Waals surface area contributed by atoms with Crippen LogP contribution in [0.1, 0.15) is 22.4 Å². The van der Waals surface area contributed by atoms with E-state index in [1.54, 1.807) is 42.4 Å². The van der Waals surface area contributed by atoms with Crippen LogP contribution >= 0.6 is 11.8 Å². The Balaban J connectivity index is 1.90. The van der Waals surface area contributed by atoms with Crippen molar-refractivity contribution in [3.8, 4) is 5.75 Å². The molecular weight excluding hydrogens is 322 g/mol. The Morgan fingerprint density at radius 2 is 2.00 bits per heavy atom. The summed E-state index contributed by atoms with van der Waals surface area (Å²) in [6, 6.07) is 3.93. The van der Waals surface area contributed by atoms with Gasteiger partial charge in [0, 0.05) is 42.5 Å². The Bertz CT molecular complexity index is 692. The molecule has 0 fully saturated rings. The molecule has 0 radical (unpaired) electrons. The zero-order chi connectivity index (χ0) is 17.5. The molecule has 0 aliphatic carbocycles. The van der Waals surface area contributed by atoms with Crippen LogP contribution in [0.4, 0.5) is 0 Å². The molecule has 0 aliphatic rings. The number of methoxy groups -OCH3 is 1. The average molecular weight is 345 g/mol. The number of aromatic nitrogens is 2. The molecule has 128 valence electrons. The minimum absolute atomic E-state index is 0.0924. The number of thioether (sulfide) groups is 1. The summed E-state index contributed by atoms with van der Waals surface area (Å²) in [6.07, 6.45) is 5.32. The minimum atomic E-state index is 0.0924. The van der Waals surface area contributed by atoms with Gasteiger partial charge in [-0.05, 0) is 31.5 Å². The molecule has 0 aliphatic heterocycles. The predicted octanol–water partition coefficient (Wildman–Crippen LogP) is 2.99. The van der Waals surface area contributed by atoms with Gasteiger partial charge < -0.3 is 9.64 Å². The molecule has 0 atom stereocenters. The van der Waals surface area contributed by atoms with Crippen molar-refractivity contribution < 1.29 is 9.53 Å². The number of rotatable bonds is 7. The Morgan fingerprint density at radius 3 is 2.67 bits per heavy atom. The number of carbonyl (C=O) groups excluding carboxylic acids is 1. The molecule has 1 amide bonds. The molecule has 0 spiro atoms. The van der Waals surface area contributed by atoms with Gasteiger partial charge in [0.25, 0.3) is 0 Å². The summed E-state index contributed by atoms with van der Waals surface area (Å²) in [4.78, 5) is 22.5. The van der Waals surface area contributed by atoms with E-state index in [9.17, 15) is 4.79 Å². The first-order valence-electron chi connectivity index (χ1n) is 7.72. The summed E-state index contributed by atoms with van der Waals surface area (Å²) < 4.78 is 5.42. The zero-order valence-corrected chi connectivity index (χ0v) is 15.4. The number of nitrogens with zero attached hydrogens (tertiary/aromatic N) is 3. The van der Waals surface area contributed by atoms with Crippen molar-refractivity contribution in [3.05, 3.63) is 53.1 Å². The Morgan fingerprint density at radius 1 is 1.29 bits per heavy atom. The van der Waals surface area contributed by atoms with Crippen molar-refractivity contribution >= 4 is 17.7 Å². The number of amides is 1. The first kappa shape index (κ1) is 18.3. The van der Waals surface area contributed by atoms with E-state index in [2.05, 4.69) is 9.97 Å². The first-order valence-corrected chi connectivity index (χ1v) is 8.88. The summed E-state index contributed by atoms with van der Waals surface area (Å²) in [5.41, 5.74) is 4.03. The highest BCUT2D eigenvalue weighted by molar-refractivity contribution is 7.99. The van der Waals surface area contributed by atoms with Crippen LogP contribution in [0, 0.1) is 13.8 Å². The molecule has 6 heteroatoms. The van der Waals surface area contributed by atoms with Gasteiger partial charge in [-0.1, -0.05) is 0 Å². The molecule has 24 heavy (non-hydrogen) atoms. The predicted molar refractivity (Wildman–Crippen MR) is 97.1 cm³/mol. The van der Waals surface area contributed by atoms with Gasteiger partial charge in [-0.3, -0.25) is 14.8 Å². The molecule has 0 N–H and O–H groups in total. The van der Waals surface area contributed by atoms with Gasteiger partial charge in [-0.2, -0.15) is 0 Å². The van der Waals surface area contributed by atoms with Crippen LogP contribution < -0.4 is 4.74 Å². The fourth-order valence-electron chi connectivity index (χ4n) is 2.39. The van der Waals surface area contributed by atoms with E-state index < -0.39 is 0 Å². The standard InChI is InChI=1S/C18H23N3O2S/c1-13-9-20-16(14(2)18(13)23-4)10-21(3)17(22)12-24-11-15-5-7-19-8-6-15/h5-9H,10-12H2,1-4H3. The second-order valence-electron chi connectivity index (χ2n) is 5.64. The van der Waals surface area contributed by atoms with E-state index >= 15 is 0 Å². The lowest BCUT2D eigenvalue weighted by molar-refractivity contribution is -0.127. The lowest BCUT2D eigenvalue weighted by atomic mass is 10.1. The third-order valence-corrected chi connectivity index (χ3v) is 4.79. The molecule has 2 heterocycles. The summed E-state index contributed by atoms with van der Waals surface area (Å²) in [7, 11) is 3.46. The van der Waals surface area contributed by atoms with Crippen LogP contribution in [0.15, 0.2) is 30.7 Å². The average Bonchev–Trinajstić information content (AvgIpc) is 2.58. The third kappa shape index (κ3) is 4.71. The number of pyridine rings is 2. The zero-order valence-electron chi connectivity index (χ0n) is 14.6. The fraction of sp³-hybridized carbons (Fsp3) is 0.389. The highest BCUT2D eigenvalue weighted by Gasteiger charge is 2.14. The Labute approximate surface area is 147 Å². The van der Waals surface area contributed by atoms with Gasteiger partial charge in [-0.15, -0.1) is 11.8 Å². The maximum Gasteiger partial charge on any atom is 0.232 e. The van der Waals surface area contributed by atoms with E-state index in [1.807, 2.05) is 33.0 Å². The maximum absolute atomic E-state index is 12.3. The maximum atomic E-state index is 12.3. The van der Waals surface area contributed by atoms with Gasteiger partial charge >= 0.3 is 0 Å². The van der Waals surface area contributed by atoms with Gasteiger partial charge in [0.05, 0.1) is 25.1 Å². The monoisotopic (exact) mass is 345 g/mol. The Hall–Kier alpha value is -2.08. The van der Waals surface area contributed by atoms with Crippen molar-refractivity contribution in [2.45, 2.75) is 26.1 Å². The van der Waals surface area contributed by atoms with Gasteiger partial charge in [0.1, 0.15) is 5.75 Å². The van der Waals surface area contributed by atoms with Gasteiger partial charge in [-0.25, -0.2) is 0 Å².